The maximum absolute atomic E-state index is 12.1. The second-order valence-corrected chi connectivity index (χ2v) is 4.94. The molecule has 0 spiro atoms. The van der Waals surface area contributed by atoms with Crippen LogP contribution in [-0.2, 0) is 4.79 Å². The van der Waals surface area contributed by atoms with Gasteiger partial charge in [-0.2, -0.15) is 5.26 Å². The third-order valence-corrected chi connectivity index (χ3v) is 3.09. The van der Waals surface area contributed by atoms with Crippen LogP contribution in [0.4, 0.5) is 11.4 Å². The Hall–Kier alpha value is -3.00. The van der Waals surface area contributed by atoms with Crippen LogP contribution in [0.1, 0.15) is 18.9 Å². The first-order chi connectivity index (χ1) is 11.2. The Morgan fingerprint density at radius 2 is 1.91 bits per heavy atom. The average molecular weight is 309 g/mol. The van der Waals surface area contributed by atoms with Gasteiger partial charge in [-0.05, 0) is 42.8 Å². The summed E-state index contributed by atoms with van der Waals surface area (Å²) in [6, 6.07) is 16.4. The van der Waals surface area contributed by atoms with E-state index in [9.17, 15) is 4.79 Å². The van der Waals surface area contributed by atoms with E-state index in [4.69, 9.17) is 10.00 Å². The van der Waals surface area contributed by atoms with E-state index >= 15 is 0 Å². The third-order valence-electron chi connectivity index (χ3n) is 3.09. The van der Waals surface area contributed by atoms with Gasteiger partial charge in [-0.25, -0.2) is 0 Å². The molecule has 0 atom stereocenters. The molecule has 2 aromatic carbocycles. The zero-order valence-electron chi connectivity index (χ0n) is 13.0. The number of para-hydroxylation sites is 2. The van der Waals surface area contributed by atoms with Gasteiger partial charge in [-0.1, -0.05) is 19.1 Å². The molecule has 0 aliphatic carbocycles. The molecule has 0 fully saturated rings. The van der Waals surface area contributed by atoms with Crippen LogP contribution >= 0.6 is 0 Å². The first-order valence-electron chi connectivity index (χ1n) is 7.48. The number of hydrogen-bond donors (Lipinski definition) is 2. The Balaban J connectivity index is 1.90. The van der Waals surface area contributed by atoms with Gasteiger partial charge in [0.2, 0.25) is 5.91 Å². The lowest BCUT2D eigenvalue weighted by molar-refractivity contribution is -0.114. The molecule has 0 saturated heterocycles. The van der Waals surface area contributed by atoms with E-state index in [1.165, 1.54) is 0 Å². The minimum absolute atomic E-state index is 0.133. The highest BCUT2D eigenvalue weighted by molar-refractivity contribution is 5.95. The van der Waals surface area contributed by atoms with Crippen molar-refractivity contribution < 1.29 is 9.53 Å². The number of ether oxygens (including phenoxy) is 1. The minimum Gasteiger partial charge on any atom is -0.491 e. The Morgan fingerprint density at radius 1 is 1.17 bits per heavy atom. The Bertz CT molecular complexity index is 690. The van der Waals surface area contributed by atoms with E-state index in [1.54, 1.807) is 24.3 Å². The average Bonchev–Trinajstić information content (AvgIpc) is 2.59. The van der Waals surface area contributed by atoms with Gasteiger partial charge in [0, 0.05) is 5.69 Å². The Morgan fingerprint density at radius 3 is 2.61 bits per heavy atom. The summed E-state index contributed by atoms with van der Waals surface area (Å²) in [6.07, 6.45) is 0.905. The quantitative estimate of drug-likeness (QED) is 0.822. The first-order valence-corrected chi connectivity index (χ1v) is 7.48. The molecule has 23 heavy (non-hydrogen) atoms. The van der Waals surface area contributed by atoms with E-state index in [1.807, 2.05) is 31.2 Å². The van der Waals surface area contributed by atoms with Crippen LogP contribution in [-0.4, -0.2) is 19.1 Å². The maximum Gasteiger partial charge on any atom is 0.243 e. The molecule has 0 aliphatic rings. The number of carbonyl (C=O) groups excluding carboxylic acids is 1. The molecule has 5 heteroatoms. The van der Waals surface area contributed by atoms with Crippen molar-refractivity contribution in [1.82, 2.24) is 0 Å². The van der Waals surface area contributed by atoms with Crippen molar-refractivity contribution in [2.24, 2.45) is 0 Å². The normalized spacial score (nSPS) is 9.74. The summed E-state index contributed by atoms with van der Waals surface area (Å²) in [5.41, 5.74) is 2.03. The van der Waals surface area contributed by atoms with Gasteiger partial charge >= 0.3 is 0 Å². The molecule has 0 aromatic heterocycles. The van der Waals surface area contributed by atoms with Gasteiger partial charge in [0.05, 0.1) is 30.5 Å². The van der Waals surface area contributed by atoms with Gasteiger partial charge in [0.25, 0.3) is 0 Å². The monoisotopic (exact) mass is 309 g/mol. The lowest BCUT2D eigenvalue weighted by Gasteiger charge is -2.12. The fourth-order valence-corrected chi connectivity index (χ4v) is 1.95. The summed E-state index contributed by atoms with van der Waals surface area (Å²) in [7, 11) is 0. The van der Waals surface area contributed by atoms with E-state index in [-0.39, 0.29) is 12.5 Å². The predicted octanol–water partition coefficient (Wildman–Crippen LogP) is 3.40. The van der Waals surface area contributed by atoms with Crippen LogP contribution < -0.4 is 15.4 Å². The first kappa shape index (κ1) is 16.4. The van der Waals surface area contributed by atoms with Gasteiger partial charge in [-0.15, -0.1) is 0 Å². The number of carbonyl (C=O) groups is 1. The number of rotatable bonds is 7. The molecule has 0 heterocycles. The van der Waals surface area contributed by atoms with E-state index in [2.05, 4.69) is 16.7 Å². The van der Waals surface area contributed by atoms with Crippen molar-refractivity contribution in [1.29, 1.82) is 5.26 Å². The van der Waals surface area contributed by atoms with Crippen molar-refractivity contribution in [3.8, 4) is 11.8 Å². The van der Waals surface area contributed by atoms with Crippen LogP contribution in [0.3, 0.4) is 0 Å². The van der Waals surface area contributed by atoms with Crippen molar-refractivity contribution in [2.75, 3.05) is 23.8 Å². The van der Waals surface area contributed by atoms with E-state index in [0.717, 1.165) is 12.1 Å². The number of nitriles is 1. The maximum atomic E-state index is 12.1. The van der Waals surface area contributed by atoms with Crippen LogP contribution in [0, 0.1) is 11.3 Å². The van der Waals surface area contributed by atoms with Crippen molar-refractivity contribution >= 4 is 17.3 Å². The third kappa shape index (κ3) is 5.04. The summed E-state index contributed by atoms with van der Waals surface area (Å²) >= 11 is 0. The Labute approximate surface area is 135 Å². The number of anilines is 2. The summed E-state index contributed by atoms with van der Waals surface area (Å²) in [6.45, 7) is 2.77. The summed E-state index contributed by atoms with van der Waals surface area (Å²) in [4.78, 5) is 12.1. The van der Waals surface area contributed by atoms with Crippen LogP contribution in [0.15, 0.2) is 48.5 Å². The van der Waals surface area contributed by atoms with E-state index in [0.29, 0.717) is 23.6 Å². The molecule has 2 rings (SSSR count). The van der Waals surface area contributed by atoms with Gasteiger partial charge < -0.3 is 15.4 Å². The number of benzene rings is 2. The number of nitrogens with one attached hydrogen (secondary N) is 2. The molecular weight excluding hydrogens is 290 g/mol. The fourth-order valence-electron chi connectivity index (χ4n) is 1.95. The molecule has 0 unspecified atom stereocenters. The molecule has 5 nitrogen and oxygen atoms in total. The fraction of sp³-hybridized carbons (Fsp3) is 0.222. The van der Waals surface area contributed by atoms with Crippen LogP contribution in [0.25, 0.3) is 0 Å². The van der Waals surface area contributed by atoms with Crippen molar-refractivity contribution in [3.63, 3.8) is 0 Å². The number of amides is 1. The van der Waals surface area contributed by atoms with Crippen molar-refractivity contribution in [2.45, 2.75) is 13.3 Å². The second kappa shape index (κ2) is 8.44. The molecule has 0 bridgehead atoms. The van der Waals surface area contributed by atoms with Crippen LogP contribution in [0.5, 0.6) is 5.75 Å². The molecule has 1 amide bonds. The molecule has 0 aliphatic heterocycles. The smallest absolute Gasteiger partial charge is 0.243 e. The standard InChI is InChI=1S/C18H19N3O2/c1-2-11-23-17-6-4-3-5-16(17)21-18(22)13-20-15-9-7-14(12-19)8-10-15/h3-10,20H,2,11,13H2,1H3,(H,21,22). The molecular formula is C18H19N3O2. The van der Waals surface area contributed by atoms with E-state index < -0.39 is 0 Å². The summed E-state index contributed by atoms with van der Waals surface area (Å²) in [5.74, 6) is 0.503. The molecule has 0 saturated carbocycles. The Kier molecular flexibility index (Phi) is 6.01. The largest absolute Gasteiger partial charge is 0.491 e. The topological polar surface area (TPSA) is 74.2 Å². The number of hydrogen-bond acceptors (Lipinski definition) is 4. The minimum atomic E-state index is -0.165. The zero-order chi connectivity index (χ0) is 16.5. The molecule has 0 radical (unpaired) electrons. The molecule has 118 valence electrons. The predicted molar refractivity (Wildman–Crippen MR) is 90.5 cm³/mol. The van der Waals surface area contributed by atoms with Crippen molar-refractivity contribution in [3.05, 3.63) is 54.1 Å². The van der Waals surface area contributed by atoms with Gasteiger partial charge in [-0.3, -0.25) is 4.79 Å². The zero-order valence-corrected chi connectivity index (χ0v) is 13.0. The highest BCUT2D eigenvalue weighted by Crippen LogP contribution is 2.23. The molecule has 2 aromatic rings. The molecule has 2 N–H and O–H groups in total. The second-order valence-electron chi connectivity index (χ2n) is 4.94. The van der Waals surface area contributed by atoms with Gasteiger partial charge in [0.1, 0.15) is 5.75 Å². The highest BCUT2D eigenvalue weighted by Gasteiger charge is 2.07. The SMILES string of the molecule is CCCOc1ccccc1NC(=O)CNc1ccc(C#N)cc1. The lowest BCUT2D eigenvalue weighted by Crippen LogP contribution is -2.22. The summed E-state index contributed by atoms with van der Waals surface area (Å²) < 4.78 is 5.61. The lowest BCUT2D eigenvalue weighted by atomic mass is 10.2. The highest BCUT2D eigenvalue weighted by atomic mass is 16.5. The number of nitrogens with zero attached hydrogens (tertiary/aromatic N) is 1. The van der Waals surface area contributed by atoms with Crippen LogP contribution in [0.2, 0.25) is 0 Å². The summed E-state index contributed by atoms with van der Waals surface area (Å²) in [5, 5.41) is 14.6. The van der Waals surface area contributed by atoms with Gasteiger partial charge in [0.15, 0.2) is 0 Å².